The minimum atomic E-state index is -0.185. The van der Waals surface area contributed by atoms with Crippen LogP contribution in [0.1, 0.15) is 6.92 Å². The van der Waals surface area contributed by atoms with Crippen LogP contribution < -0.4 is 10.9 Å². The van der Waals surface area contributed by atoms with Gasteiger partial charge in [-0.25, -0.2) is 4.98 Å². The highest BCUT2D eigenvalue weighted by Gasteiger charge is 2.13. The van der Waals surface area contributed by atoms with Gasteiger partial charge in [-0.05, 0) is 19.1 Å². The van der Waals surface area contributed by atoms with Crippen LogP contribution in [0.5, 0.6) is 0 Å². The minimum Gasteiger partial charge on any atom is -0.342 e. The number of carbonyl (C=O) groups excluding carboxylic acids is 1. The van der Waals surface area contributed by atoms with Crippen LogP contribution in [0.3, 0.4) is 0 Å². The lowest BCUT2D eigenvalue weighted by atomic mass is 10.3. The number of hydrogen-bond acceptors (Lipinski definition) is 4. The number of nitrogens with zero attached hydrogens (tertiary/aromatic N) is 3. The average molecular weight is 296 g/mol. The van der Waals surface area contributed by atoms with Crippen LogP contribution in [0.2, 0.25) is 0 Å². The molecule has 3 aromatic rings. The quantitative estimate of drug-likeness (QED) is 0.800. The summed E-state index contributed by atoms with van der Waals surface area (Å²) >= 11 is 0. The Balaban J connectivity index is 2.09. The third-order valence-electron chi connectivity index (χ3n) is 3.45. The molecule has 3 rings (SSSR count). The molecule has 0 fully saturated rings. The van der Waals surface area contributed by atoms with E-state index in [2.05, 4.69) is 10.3 Å². The molecule has 0 unspecified atom stereocenters. The Bertz CT molecular complexity index is 894. The van der Waals surface area contributed by atoms with Gasteiger partial charge in [0.25, 0.3) is 5.56 Å². The van der Waals surface area contributed by atoms with Crippen molar-refractivity contribution in [3.8, 4) is 0 Å². The van der Waals surface area contributed by atoms with E-state index in [1.807, 2.05) is 30.3 Å². The van der Waals surface area contributed by atoms with Crippen molar-refractivity contribution in [3.63, 3.8) is 0 Å². The van der Waals surface area contributed by atoms with Crippen LogP contribution in [-0.2, 0) is 18.4 Å². The molecule has 6 nitrogen and oxygen atoms in total. The largest absolute Gasteiger partial charge is 0.342 e. The first-order valence-corrected chi connectivity index (χ1v) is 6.92. The summed E-state index contributed by atoms with van der Waals surface area (Å²) in [6.45, 7) is 1.64. The molecule has 0 aliphatic carbocycles. The van der Waals surface area contributed by atoms with E-state index in [9.17, 15) is 9.59 Å². The maximum absolute atomic E-state index is 12.6. The highest BCUT2D eigenvalue weighted by molar-refractivity contribution is 5.81. The van der Waals surface area contributed by atoms with Crippen LogP contribution in [0.25, 0.3) is 11.0 Å². The number of aromatic nitrogens is 3. The van der Waals surface area contributed by atoms with Gasteiger partial charge < -0.3 is 9.88 Å². The summed E-state index contributed by atoms with van der Waals surface area (Å²) < 4.78 is 3.11. The maximum Gasteiger partial charge on any atom is 0.278 e. The number of para-hydroxylation sites is 1. The lowest BCUT2D eigenvalue weighted by Crippen LogP contribution is -2.22. The molecule has 6 heteroatoms. The number of Topliss-reactive ketones (excluding diaryl/α,β-unsaturated/α-hetero) is 1. The molecule has 0 atom stereocenters. The molecule has 112 valence electrons. The Morgan fingerprint density at radius 1 is 1.27 bits per heavy atom. The normalized spacial score (nSPS) is 10.8. The predicted octanol–water partition coefficient (Wildman–Crippen LogP) is 2.07. The van der Waals surface area contributed by atoms with E-state index in [0.29, 0.717) is 16.9 Å². The smallest absolute Gasteiger partial charge is 0.278 e. The summed E-state index contributed by atoms with van der Waals surface area (Å²) in [5.41, 5.74) is 1.72. The lowest BCUT2D eigenvalue weighted by molar-refractivity contribution is -0.117. The number of benzene rings is 1. The molecule has 2 heterocycles. The van der Waals surface area contributed by atoms with E-state index < -0.39 is 0 Å². The Kier molecular flexibility index (Phi) is 3.50. The van der Waals surface area contributed by atoms with Crippen LogP contribution in [0.4, 0.5) is 11.5 Å². The lowest BCUT2D eigenvalue weighted by Gasteiger charge is -2.11. The third kappa shape index (κ3) is 2.50. The second kappa shape index (κ2) is 5.48. The number of nitrogens with one attached hydrogen (secondary N) is 1. The monoisotopic (exact) mass is 296 g/mol. The summed E-state index contributed by atoms with van der Waals surface area (Å²) in [6, 6.07) is 11.4. The van der Waals surface area contributed by atoms with Crippen molar-refractivity contribution in [2.45, 2.75) is 13.5 Å². The summed E-state index contributed by atoms with van der Waals surface area (Å²) in [5, 5.41) is 3.20. The van der Waals surface area contributed by atoms with E-state index >= 15 is 0 Å². The second-order valence-electron chi connectivity index (χ2n) is 5.19. The molecule has 2 aromatic heterocycles. The third-order valence-corrected chi connectivity index (χ3v) is 3.45. The van der Waals surface area contributed by atoms with Crippen LogP contribution in [-0.4, -0.2) is 19.9 Å². The van der Waals surface area contributed by atoms with Crippen LogP contribution >= 0.6 is 0 Å². The molecule has 0 spiro atoms. The van der Waals surface area contributed by atoms with Crippen molar-refractivity contribution in [3.05, 3.63) is 53.1 Å². The van der Waals surface area contributed by atoms with Gasteiger partial charge in [0, 0.05) is 18.8 Å². The zero-order valence-electron chi connectivity index (χ0n) is 12.4. The molecule has 0 bridgehead atoms. The summed E-state index contributed by atoms with van der Waals surface area (Å²) in [7, 11) is 1.69. The minimum absolute atomic E-state index is 0.0205. The van der Waals surface area contributed by atoms with Gasteiger partial charge in [-0.1, -0.05) is 18.2 Å². The van der Waals surface area contributed by atoms with Crippen molar-refractivity contribution in [1.82, 2.24) is 14.1 Å². The molecule has 0 saturated carbocycles. The Morgan fingerprint density at radius 3 is 2.68 bits per heavy atom. The Hall–Kier alpha value is -2.89. The molecule has 22 heavy (non-hydrogen) atoms. The zero-order chi connectivity index (χ0) is 15.7. The van der Waals surface area contributed by atoms with Gasteiger partial charge in [0.15, 0.2) is 0 Å². The first-order chi connectivity index (χ1) is 10.6. The number of hydrogen-bond donors (Lipinski definition) is 1. The molecule has 0 aliphatic rings. The standard InChI is InChI=1S/C16H16N4O2/c1-11(21)9-20-10-17-13-8-14(19(2)16(22)15(13)20)18-12-6-4-3-5-7-12/h3-8,10,18H,9H2,1-2H3. The molecular weight excluding hydrogens is 280 g/mol. The van der Waals surface area contributed by atoms with Crippen molar-refractivity contribution >= 4 is 28.3 Å². The van der Waals surface area contributed by atoms with Gasteiger partial charge in [0.2, 0.25) is 0 Å². The van der Waals surface area contributed by atoms with E-state index in [-0.39, 0.29) is 17.9 Å². The summed E-state index contributed by atoms with van der Waals surface area (Å²) in [4.78, 5) is 28.1. The Morgan fingerprint density at radius 2 is 2.00 bits per heavy atom. The molecule has 0 amide bonds. The number of fused-ring (bicyclic) bond motifs is 1. The van der Waals surface area contributed by atoms with Gasteiger partial charge >= 0.3 is 0 Å². The fourth-order valence-electron chi connectivity index (χ4n) is 2.38. The first-order valence-electron chi connectivity index (χ1n) is 6.92. The Labute approximate surface area is 127 Å². The van der Waals surface area contributed by atoms with Crippen molar-refractivity contribution in [1.29, 1.82) is 0 Å². The fourth-order valence-corrected chi connectivity index (χ4v) is 2.38. The topological polar surface area (TPSA) is 68.9 Å². The highest BCUT2D eigenvalue weighted by Crippen LogP contribution is 2.18. The number of carbonyl (C=O) groups is 1. The first kappa shape index (κ1) is 14.1. The van der Waals surface area contributed by atoms with E-state index in [4.69, 9.17) is 0 Å². The number of pyridine rings is 1. The van der Waals surface area contributed by atoms with Gasteiger partial charge in [-0.2, -0.15) is 0 Å². The number of rotatable bonds is 4. The second-order valence-corrected chi connectivity index (χ2v) is 5.19. The van der Waals surface area contributed by atoms with Gasteiger partial charge in [0.1, 0.15) is 17.1 Å². The number of anilines is 2. The molecule has 1 N–H and O–H groups in total. The van der Waals surface area contributed by atoms with Crippen molar-refractivity contribution < 1.29 is 4.79 Å². The fraction of sp³-hybridized carbons (Fsp3) is 0.188. The van der Waals surface area contributed by atoms with Gasteiger partial charge in [0.05, 0.1) is 18.4 Å². The summed E-state index contributed by atoms with van der Waals surface area (Å²) in [6.07, 6.45) is 1.53. The van der Waals surface area contributed by atoms with E-state index in [0.717, 1.165) is 5.69 Å². The van der Waals surface area contributed by atoms with E-state index in [1.54, 1.807) is 17.7 Å². The molecule has 0 saturated heterocycles. The van der Waals surface area contributed by atoms with Gasteiger partial charge in [-0.3, -0.25) is 14.2 Å². The summed E-state index contributed by atoms with van der Waals surface area (Å²) in [5.74, 6) is 0.629. The maximum atomic E-state index is 12.6. The van der Waals surface area contributed by atoms with Crippen molar-refractivity contribution in [2.24, 2.45) is 7.05 Å². The average Bonchev–Trinajstić information content (AvgIpc) is 2.87. The van der Waals surface area contributed by atoms with Crippen molar-refractivity contribution in [2.75, 3.05) is 5.32 Å². The van der Waals surface area contributed by atoms with Gasteiger partial charge in [-0.15, -0.1) is 0 Å². The van der Waals surface area contributed by atoms with Crippen LogP contribution in [0, 0.1) is 0 Å². The number of imidazole rings is 1. The number of ketones is 1. The van der Waals surface area contributed by atoms with Crippen LogP contribution in [0.15, 0.2) is 47.5 Å². The predicted molar refractivity (Wildman–Crippen MR) is 85.4 cm³/mol. The molecule has 0 radical (unpaired) electrons. The molecule has 1 aromatic carbocycles. The highest BCUT2D eigenvalue weighted by atomic mass is 16.1. The SMILES string of the molecule is CC(=O)Cn1cnc2cc(Nc3ccccc3)n(C)c(=O)c21. The zero-order valence-corrected chi connectivity index (χ0v) is 12.4. The van der Waals surface area contributed by atoms with E-state index in [1.165, 1.54) is 17.8 Å². The molecule has 0 aliphatic heterocycles. The molecular formula is C16H16N4O2.